The Morgan fingerprint density at radius 2 is 1.80 bits per heavy atom. The average Bonchev–Trinajstić information content (AvgIpc) is 3.08. The summed E-state index contributed by atoms with van der Waals surface area (Å²) >= 11 is 0. The fourth-order valence-electron chi connectivity index (χ4n) is 4.68. The van der Waals surface area contributed by atoms with Crippen molar-refractivity contribution in [3.05, 3.63) is 84.2 Å². The zero-order chi connectivity index (χ0) is 28.7. The van der Waals surface area contributed by atoms with Crippen LogP contribution in [0.3, 0.4) is 0 Å². The highest BCUT2D eigenvalue weighted by Crippen LogP contribution is 2.32. The van der Waals surface area contributed by atoms with Crippen LogP contribution >= 0.6 is 9.24 Å². The summed E-state index contributed by atoms with van der Waals surface area (Å²) in [4.78, 5) is 51.4. The summed E-state index contributed by atoms with van der Waals surface area (Å²) in [5.41, 5.74) is 2.95. The van der Waals surface area contributed by atoms with Crippen molar-refractivity contribution in [2.45, 2.75) is 32.9 Å². The molecule has 208 valence electrons. The van der Waals surface area contributed by atoms with Crippen molar-refractivity contribution in [3.8, 4) is 0 Å². The predicted octanol–water partition coefficient (Wildman–Crippen LogP) is 4.71. The van der Waals surface area contributed by atoms with E-state index < -0.39 is 23.5 Å². The van der Waals surface area contributed by atoms with Crippen molar-refractivity contribution < 1.29 is 14.4 Å². The van der Waals surface area contributed by atoms with Gasteiger partial charge < -0.3 is 20.9 Å². The van der Waals surface area contributed by atoms with Crippen molar-refractivity contribution in [3.63, 3.8) is 0 Å². The van der Waals surface area contributed by atoms with Gasteiger partial charge in [-0.05, 0) is 49.0 Å². The van der Waals surface area contributed by atoms with E-state index in [1.165, 1.54) is 4.90 Å². The van der Waals surface area contributed by atoms with Crippen LogP contribution in [0, 0.1) is 5.41 Å². The molecule has 3 aromatic rings. The molecule has 40 heavy (non-hydrogen) atoms. The van der Waals surface area contributed by atoms with Gasteiger partial charge in [0, 0.05) is 35.6 Å². The molecule has 10 heteroatoms. The lowest BCUT2D eigenvalue weighted by molar-refractivity contribution is -0.128. The molecule has 4 rings (SSSR count). The van der Waals surface area contributed by atoms with Gasteiger partial charge in [-0.25, -0.2) is 9.79 Å². The lowest BCUT2D eigenvalue weighted by atomic mass is 9.82. The second kappa shape index (κ2) is 12.8. The maximum atomic E-state index is 14.1. The quantitative estimate of drug-likeness (QED) is 0.312. The SMILES string of the molecule is CCCC(C)(CP)C(=O)CN1C(=O)C(NC(=O)Nc2cccc(NC)c2)N=C(c2ccccn2)c2ccccc21. The monoisotopic (exact) mass is 558 g/mol. The van der Waals surface area contributed by atoms with E-state index in [0.29, 0.717) is 40.9 Å². The number of nitrogens with zero attached hydrogens (tertiary/aromatic N) is 3. The number of amides is 3. The van der Waals surface area contributed by atoms with Gasteiger partial charge in [0.25, 0.3) is 5.91 Å². The highest BCUT2D eigenvalue weighted by Gasteiger charge is 2.38. The Kier molecular flexibility index (Phi) is 9.27. The van der Waals surface area contributed by atoms with Crippen molar-refractivity contribution in [1.29, 1.82) is 0 Å². The van der Waals surface area contributed by atoms with E-state index in [1.807, 2.05) is 44.2 Å². The van der Waals surface area contributed by atoms with Crippen LogP contribution in [0.1, 0.15) is 37.9 Å². The molecule has 3 amide bonds. The molecule has 0 spiro atoms. The van der Waals surface area contributed by atoms with Gasteiger partial charge in [0.1, 0.15) is 0 Å². The molecule has 0 saturated carbocycles. The summed E-state index contributed by atoms with van der Waals surface area (Å²) in [5.74, 6) is -0.561. The molecule has 0 aliphatic carbocycles. The number of carbonyl (C=O) groups is 3. The van der Waals surface area contributed by atoms with Crippen LogP contribution in [-0.4, -0.2) is 54.3 Å². The van der Waals surface area contributed by atoms with E-state index in [9.17, 15) is 14.4 Å². The molecule has 3 N–H and O–H groups in total. The number of hydrogen-bond donors (Lipinski definition) is 3. The van der Waals surface area contributed by atoms with Gasteiger partial charge in [0.2, 0.25) is 6.17 Å². The third kappa shape index (κ3) is 6.37. The maximum absolute atomic E-state index is 14.1. The van der Waals surface area contributed by atoms with Gasteiger partial charge in [-0.15, -0.1) is 9.24 Å². The molecule has 1 aliphatic rings. The topological polar surface area (TPSA) is 116 Å². The molecule has 0 radical (unpaired) electrons. The predicted molar refractivity (Wildman–Crippen MR) is 163 cm³/mol. The Balaban J connectivity index is 1.74. The minimum Gasteiger partial charge on any atom is -0.388 e. The molecule has 2 aromatic carbocycles. The number of ketones is 1. The summed E-state index contributed by atoms with van der Waals surface area (Å²) in [6.07, 6.45) is 2.47. The number of aliphatic imine (C=N–C) groups is 1. The summed E-state index contributed by atoms with van der Waals surface area (Å²) in [5, 5.41) is 8.52. The Hall–Kier alpha value is -4.10. The first-order chi connectivity index (χ1) is 19.3. The van der Waals surface area contributed by atoms with Gasteiger partial charge in [0.05, 0.1) is 23.6 Å². The number of carbonyl (C=O) groups excluding carboxylic acids is 3. The van der Waals surface area contributed by atoms with Gasteiger partial charge in [-0.2, -0.15) is 0 Å². The van der Waals surface area contributed by atoms with Gasteiger partial charge in [0.15, 0.2) is 5.78 Å². The van der Waals surface area contributed by atoms with E-state index in [0.717, 1.165) is 12.1 Å². The van der Waals surface area contributed by atoms with E-state index in [-0.39, 0.29) is 12.3 Å². The Morgan fingerprint density at radius 3 is 2.50 bits per heavy atom. The average molecular weight is 559 g/mol. The van der Waals surface area contributed by atoms with Gasteiger partial charge in [-0.1, -0.05) is 50.6 Å². The fraction of sp³-hybridized carbons (Fsp3) is 0.300. The van der Waals surface area contributed by atoms with Crippen LogP contribution in [0.5, 0.6) is 0 Å². The highest BCUT2D eigenvalue weighted by atomic mass is 31.0. The molecule has 3 atom stereocenters. The molecule has 0 saturated heterocycles. The Morgan fingerprint density at radius 1 is 1.05 bits per heavy atom. The van der Waals surface area contributed by atoms with Crippen LogP contribution in [0.15, 0.2) is 77.9 Å². The largest absolute Gasteiger partial charge is 0.388 e. The number of hydrogen-bond acceptors (Lipinski definition) is 6. The molecule has 3 unspecified atom stereocenters. The number of urea groups is 1. The second-order valence-electron chi connectivity index (χ2n) is 9.90. The lowest BCUT2D eigenvalue weighted by Crippen LogP contribution is -2.51. The minimum absolute atomic E-state index is 0.0547. The van der Waals surface area contributed by atoms with Crippen molar-refractivity contribution in [2.24, 2.45) is 10.4 Å². The first-order valence-electron chi connectivity index (χ1n) is 13.3. The number of Topliss-reactive ketones (excluding diaryl/α,β-unsaturated/α-hetero) is 1. The van der Waals surface area contributed by atoms with Crippen molar-refractivity contribution in [2.75, 3.05) is 35.3 Å². The molecule has 0 fully saturated rings. The Bertz CT molecular complexity index is 1410. The number of para-hydroxylation sites is 1. The first-order valence-corrected chi connectivity index (χ1v) is 14.1. The summed E-state index contributed by atoms with van der Waals surface area (Å²) in [6.45, 7) is 3.82. The number of aromatic nitrogens is 1. The number of benzodiazepines with no additional fused rings is 1. The molecular formula is C30H35N6O3P. The van der Waals surface area contributed by atoms with E-state index in [4.69, 9.17) is 4.99 Å². The third-order valence-corrected chi connectivity index (χ3v) is 7.92. The number of benzene rings is 2. The molecule has 2 heterocycles. The molecule has 9 nitrogen and oxygen atoms in total. The van der Waals surface area contributed by atoms with Crippen LogP contribution in [0.25, 0.3) is 0 Å². The smallest absolute Gasteiger partial charge is 0.321 e. The lowest BCUT2D eigenvalue weighted by Gasteiger charge is -2.31. The second-order valence-corrected chi connectivity index (χ2v) is 10.3. The number of rotatable bonds is 10. The van der Waals surface area contributed by atoms with Crippen LogP contribution < -0.4 is 20.9 Å². The summed E-state index contributed by atoms with van der Waals surface area (Å²) < 4.78 is 0. The minimum atomic E-state index is -1.29. The molecule has 0 bridgehead atoms. The number of pyridine rings is 1. The van der Waals surface area contributed by atoms with Gasteiger partial charge in [-0.3, -0.25) is 14.6 Å². The van der Waals surface area contributed by atoms with Gasteiger partial charge >= 0.3 is 6.03 Å². The standard InChI is InChI=1S/C30H35N6O3P/c1-4-15-30(2,19-40)25(37)18-36-24-14-6-5-12-22(24)26(23-13-7-8-16-32-23)34-27(28(36)38)35-29(39)33-21-11-9-10-20(17-21)31-3/h5-14,16-17,27,31H,4,15,18-19,40H2,1-3H3,(H2,33,35,39). The Labute approximate surface area is 237 Å². The molecular weight excluding hydrogens is 523 g/mol. The van der Waals surface area contributed by atoms with Crippen LogP contribution in [0.4, 0.5) is 21.9 Å². The third-order valence-electron chi connectivity index (χ3n) is 7.02. The molecule has 1 aromatic heterocycles. The maximum Gasteiger partial charge on any atom is 0.321 e. The first kappa shape index (κ1) is 28.9. The zero-order valence-electron chi connectivity index (χ0n) is 23.0. The van der Waals surface area contributed by atoms with Crippen molar-refractivity contribution in [1.82, 2.24) is 10.3 Å². The number of anilines is 3. The highest BCUT2D eigenvalue weighted by molar-refractivity contribution is 7.16. The van der Waals surface area contributed by atoms with Crippen molar-refractivity contribution >= 4 is 49.7 Å². The normalized spacial score (nSPS) is 16.2. The van der Waals surface area contributed by atoms with Crippen LogP contribution in [0.2, 0.25) is 0 Å². The fourth-order valence-corrected chi connectivity index (χ4v) is 5.11. The summed E-state index contributed by atoms with van der Waals surface area (Å²) in [6, 6.07) is 19.3. The van der Waals surface area contributed by atoms with E-state index >= 15 is 0 Å². The zero-order valence-corrected chi connectivity index (χ0v) is 24.1. The van der Waals surface area contributed by atoms with Crippen LogP contribution in [-0.2, 0) is 9.59 Å². The molecule has 1 aliphatic heterocycles. The van der Waals surface area contributed by atoms with E-state index in [1.54, 1.807) is 49.6 Å². The number of nitrogens with one attached hydrogen (secondary N) is 3. The number of fused-ring (bicyclic) bond motifs is 1. The van der Waals surface area contributed by atoms with E-state index in [2.05, 4.69) is 30.2 Å². The summed E-state index contributed by atoms with van der Waals surface area (Å²) in [7, 11) is 4.45.